The van der Waals surface area contributed by atoms with Crippen LogP contribution in [-0.4, -0.2) is 51.9 Å². The Labute approximate surface area is 167 Å². The Morgan fingerprint density at radius 1 is 1.29 bits per heavy atom. The number of rotatable bonds is 7. The minimum atomic E-state index is 0.249. The molecule has 1 aliphatic rings. The third kappa shape index (κ3) is 5.07. The van der Waals surface area contributed by atoms with Crippen LogP contribution in [0.4, 0.5) is 5.82 Å². The highest BCUT2D eigenvalue weighted by Crippen LogP contribution is 2.29. The number of anilines is 1. The van der Waals surface area contributed by atoms with Crippen LogP contribution in [0.3, 0.4) is 0 Å². The molecule has 0 spiro atoms. The van der Waals surface area contributed by atoms with E-state index in [1.807, 2.05) is 11.0 Å². The van der Waals surface area contributed by atoms with Gasteiger partial charge in [-0.2, -0.15) is 0 Å². The number of hydrogen-bond donors (Lipinski definition) is 1. The Kier molecular flexibility index (Phi) is 6.62. The van der Waals surface area contributed by atoms with Crippen molar-refractivity contribution in [3.8, 4) is 0 Å². The lowest BCUT2D eigenvalue weighted by atomic mass is 9.85. The smallest absolute Gasteiger partial charge is 0.223 e. The molecule has 1 aromatic heterocycles. The summed E-state index contributed by atoms with van der Waals surface area (Å²) in [6, 6.07) is 12.4. The lowest BCUT2D eigenvalue weighted by molar-refractivity contribution is -0.131. The first kappa shape index (κ1) is 20.3. The highest BCUT2D eigenvalue weighted by molar-refractivity contribution is 5.77. The van der Waals surface area contributed by atoms with Crippen LogP contribution in [0.15, 0.2) is 42.6 Å². The maximum absolute atomic E-state index is 13.0. The molecule has 0 radical (unpaired) electrons. The summed E-state index contributed by atoms with van der Waals surface area (Å²) in [4.78, 5) is 25.8. The molecule has 2 heterocycles. The lowest BCUT2D eigenvalue weighted by Gasteiger charge is -2.26. The summed E-state index contributed by atoms with van der Waals surface area (Å²) >= 11 is 0. The van der Waals surface area contributed by atoms with E-state index in [9.17, 15) is 4.79 Å². The molecule has 1 amide bonds. The fourth-order valence-corrected chi connectivity index (χ4v) is 3.93. The van der Waals surface area contributed by atoms with Crippen molar-refractivity contribution in [2.24, 2.45) is 5.92 Å². The van der Waals surface area contributed by atoms with Gasteiger partial charge in [0.25, 0.3) is 0 Å². The Hall–Kier alpha value is -2.47. The molecule has 6 nitrogen and oxygen atoms in total. The predicted octanol–water partition coefficient (Wildman–Crippen LogP) is 2.92. The first-order valence-corrected chi connectivity index (χ1v) is 10.0. The van der Waals surface area contributed by atoms with Crippen LogP contribution in [-0.2, 0) is 11.3 Å². The molecule has 2 atom stereocenters. The van der Waals surface area contributed by atoms with Crippen molar-refractivity contribution >= 4 is 11.7 Å². The normalized spacial score (nSPS) is 18.0. The van der Waals surface area contributed by atoms with E-state index >= 15 is 0 Å². The first-order valence-electron chi connectivity index (χ1n) is 10.0. The highest BCUT2D eigenvalue weighted by Gasteiger charge is 2.31. The third-order valence-electron chi connectivity index (χ3n) is 5.68. The number of nitrogens with two attached hydrogens (primary N) is 1. The SMILES string of the molecule is CC(C)[C@H](CC(=O)N1CC[C@H](N(C)Cc2nccc(N)n2)C1)c1ccccc1. The summed E-state index contributed by atoms with van der Waals surface area (Å²) < 4.78 is 0. The molecule has 0 bridgehead atoms. The van der Waals surface area contributed by atoms with Gasteiger partial charge in [-0.25, -0.2) is 9.97 Å². The van der Waals surface area contributed by atoms with Crippen molar-refractivity contribution in [2.45, 2.75) is 45.2 Å². The number of aromatic nitrogens is 2. The Morgan fingerprint density at radius 2 is 2.04 bits per heavy atom. The van der Waals surface area contributed by atoms with Crippen molar-refractivity contribution in [2.75, 3.05) is 25.9 Å². The minimum absolute atomic E-state index is 0.249. The van der Waals surface area contributed by atoms with Gasteiger partial charge in [0, 0.05) is 31.7 Å². The predicted molar refractivity (Wildman–Crippen MR) is 112 cm³/mol. The average molecular weight is 382 g/mol. The van der Waals surface area contributed by atoms with Crippen molar-refractivity contribution in [1.82, 2.24) is 19.8 Å². The summed E-state index contributed by atoms with van der Waals surface area (Å²) in [6.07, 6.45) is 3.23. The number of benzene rings is 1. The van der Waals surface area contributed by atoms with Gasteiger partial charge in [-0.3, -0.25) is 9.69 Å². The molecule has 150 valence electrons. The summed E-state index contributed by atoms with van der Waals surface area (Å²) in [7, 11) is 2.06. The molecule has 1 aliphatic heterocycles. The zero-order valence-corrected chi connectivity index (χ0v) is 17.1. The molecule has 2 aromatic rings. The van der Waals surface area contributed by atoms with E-state index in [0.29, 0.717) is 30.7 Å². The molecular weight excluding hydrogens is 350 g/mol. The van der Waals surface area contributed by atoms with E-state index in [-0.39, 0.29) is 11.8 Å². The Balaban J connectivity index is 1.57. The van der Waals surface area contributed by atoms with Crippen molar-refractivity contribution in [1.29, 1.82) is 0 Å². The molecule has 1 saturated heterocycles. The van der Waals surface area contributed by atoms with Gasteiger partial charge in [0.15, 0.2) is 0 Å². The molecule has 1 aromatic carbocycles. The number of hydrogen-bond acceptors (Lipinski definition) is 5. The van der Waals surface area contributed by atoms with E-state index in [4.69, 9.17) is 5.73 Å². The number of amides is 1. The molecule has 0 saturated carbocycles. The third-order valence-corrected chi connectivity index (χ3v) is 5.68. The largest absolute Gasteiger partial charge is 0.384 e. The average Bonchev–Trinajstić information content (AvgIpc) is 3.17. The molecule has 0 unspecified atom stereocenters. The van der Waals surface area contributed by atoms with Crippen LogP contribution >= 0.6 is 0 Å². The molecule has 6 heteroatoms. The van der Waals surface area contributed by atoms with Gasteiger partial charge in [-0.05, 0) is 36.9 Å². The van der Waals surface area contributed by atoms with E-state index in [2.05, 4.69) is 60.0 Å². The number of carbonyl (C=O) groups excluding carboxylic acids is 1. The van der Waals surface area contributed by atoms with E-state index in [0.717, 1.165) is 25.3 Å². The maximum atomic E-state index is 13.0. The van der Waals surface area contributed by atoms with E-state index < -0.39 is 0 Å². The van der Waals surface area contributed by atoms with Crippen LogP contribution in [0.5, 0.6) is 0 Å². The van der Waals surface area contributed by atoms with Crippen molar-refractivity contribution in [3.63, 3.8) is 0 Å². The molecule has 0 aliphatic carbocycles. The number of likely N-dealkylation sites (N-methyl/N-ethyl adjacent to an activating group) is 1. The second-order valence-corrected chi connectivity index (χ2v) is 8.06. The zero-order chi connectivity index (χ0) is 20.1. The van der Waals surface area contributed by atoms with Crippen LogP contribution in [0.1, 0.15) is 44.0 Å². The zero-order valence-electron chi connectivity index (χ0n) is 17.1. The molecule has 1 fully saturated rings. The van der Waals surface area contributed by atoms with E-state index in [1.54, 1.807) is 12.3 Å². The van der Waals surface area contributed by atoms with Crippen molar-refractivity contribution in [3.05, 3.63) is 54.0 Å². The van der Waals surface area contributed by atoms with Crippen LogP contribution in [0, 0.1) is 5.92 Å². The first-order chi connectivity index (χ1) is 13.4. The number of carbonyl (C=O) groups is 1. The van der Waals surface area contributed by atoms with Gasteiger partial charge < -0.3 is 10.6 Å². The molecule has 28 heavy (non-hydrogen) atoms. The fraction of sp³-hybridized carbons (Fsp3) is 0.500. The number of nitrogen functional groups attached to an aromatic ring is 1. The van der Waals surface area contributed by atoms with Gasteiger partial charge in [0.2, 0.25) is 5.91 Å². The van der Waals surface area contributed by atoms with Gasteiger partial charge in [-0.1, -0.05) is 44.2 Å². The molecule has 3 rings (SSSR count). The van der Waals surface area contributed by atoms with Gasteiger partial charge in [-0.15, -0.1) is 0 Å². The molecular formula is C22H31N5O. The topological polar surface area (TPSA) is 75.4 Å². The number of nitrogens with zero attached hydrogens (tertiary/aromatic N) is 4. The van der Waals surface area contributed by atoms with Gasteiger partial charge in [0.05, 0.1) is 6.54 Å². The Bertz CT molecular complexity index is 780. The summed E-state index contributed by atoms with van der Waals surface area (Å²) in [6.45, 7) is 6.59. The van der Waals surface area contributed by atoms with Gasteiger partial charge >= 0.3 is 0 Å². The quantitative estimate of drug-likeness (QED) is 0.798. The summed E-state index contributed by atoms with van der Waals surface area (Å²) in [5.41, 5.74) is 6.99. The monoisotopic (exact) mass is 381 g/mol. The summed E-state index contributed by atoms with van der Waals surface area (Å²) in [5, 5.41) is 0. The minimum Gasteiger partial charge on any atom is -0.384 e. The Morgan fingerprint density at radius 3 is 2.71 bits per heavy atom. The van der Waals surface area contributed by atoms with Crippen LogP contribution in [0.25, 0.3) is 0 Å². The maximum Gasteiger partial charge on any atom is 0.223 e. The van der Waals surface area contributed by atoms with E-state index in [1.165, 1.54) is 5.56 Å². The highest BCUT2D eigenvalue weighted by atomic mass is 16.2. The standard InChI is InChI=1S/C22H31N5O/c1-16(2)19(17-7-5-4-6-8-17)13-22(28)27-12-10-18(14-27)26(3)15-21-24-11-9-20(23)25-21/h4-9,11,16,18-19H,10,12-15H2,1-3H3,(H2,23,24,25)/t18-,19-/m0/s1. The van der Waals surface area contributed by atoms with Gasteiger partial charge in [0.1, 0.15) is 11.6 Å². The summed E-state index contributed by atoms with van der Waals surface area (Å²) in [5.74, 6) is 2.14. The molecule has 2 N–H and O–H groups in total. The second kappa shape index (κ2) is 9.15. The lowest BCUT2D eigenvalue weighted by Crippen LogP contribution is -2.37. The van der Waals surface area contributed by atoms with Crippen LogP contribution in [0.2, 0.25) is 0 Å². The van der Waals surface area contributed by atoms with Crippen LogP contribution < -0.4 is 5.73 Å². The fourth-order valence-electron chi connectivity index (χ4n) is 3.93. The van der Waals surface area contributed by atoms with Crippen molar-refractivity contribution < 1.29 is 4.79 Å². The second-order valence-electron chi connectivity index (χ2n) is 8.06. The number of likely N-dealkylation sites (tertiary alicyclic amines) is 1.